The van der Waals surface area contributed by atoms with Crippen LogP contribution < -0.4 is 5.32 Å². The zero-order valence-corrected chi connectivity index (χ0v) is 11.2. The number of halogens is 1. The van der Waals surface area contributed by atoms with E-state index in [4.69, 9.17) is 16.7 Å². The van der Waals surface area contributed by atoms with Gasteiger partial charge in [-0.3, -0.25) is 0 Å². The molecule has 0 amide bonds. The van der Waals surface area contributed by atoms with Crippen LogP contribution in [0.5, 0.6) is 0 Å². The summed E-state index contributed by atoms with van der Waals surface area (Å²) in [6.45, 7) is 2.23. The summed E-state index contributed by atoms with van der Waals surface area (Å²) in [5.41, 5.74) is 1.81. The third kappa shape index (κ3) is 2.80. The first kappa shape index (κ1) is 12.9. The van der Waals surface area contributed by atoms with Crippen molar-refractivity contribution in [2.45, 2.75) is 13.5 Å². The first-order valence-corrected chi connectivity index (χ1v) is 6.41. The maximum absolute atomic E-state index is 11.1. The van der Waals surface area contributed by atoms with Crippen LogP contribution in [0.3, 0.4) is 0 Å². The SMILES string of the molecule is Cc1nsc(NCc2ccc(Cl)cc2)c1C(=O)O. The van der Waals surface area contributed by atoms with Crippen molar-refractivity contribution in [3.8, 4) is 0 Å². The number of carbonyl (C=O) groups is 1. The van der Waals surface area contributed by atoms with E-state index in [-0.39, 0.29) is 5.56 Å². The van der Waals surface area contributed by atoms with Crippen molar-refractivity contribution in [3.05, 3.63) is 46.1 Å². The molecule has 2 aromatic rings. The highest BCUT2D eigenvalue weighted by atomic mass is 35.5. The third-order valence-corrected chi connectivity index (χ3v) is 3.59. The van der Waals surface area contributed by atoms with Gasteiger partial charge in [0, 0.05) is 11.6 Å². The summed E-state index contributed by atoms with van der Waals surface area (Å²) in [5.74, 6) is -0.958. The molecule has 0 saturated carbocycles. The molecule has 0 atom stereocenters. The van der Waals surface area contributed by atoms with Gasteiger partial charge in [0.2, 0.25) is 0 Å². The molecule has 1 heterocycles. The van der Waals surface area contributed by atoms with E-state index >= 15 is 0 Å². The Labute approximate surface area is 113 Å². The van der Waals surface area contributed by atoms with E-state index in [1.807, 2.05) is 12.1 Å². The summed E-state index contributed by atoms with van der Waals surface area (Å²) in [4.78, 5) is 11.1. The summed E-state index contributed by atoms with van der Waals surface area (Å²) >= 11 is 6.95. The van der Waals surface area contributed by atoms with Crippen molar-refractivity contribution in [1.29, 1.82) is 0 Å². The first-order chi connectivity index (χ1) is 8.58. The first-order valence-electron chi connectivity index (χ1n) is 5.26. The molecule has 1 aromatic carbocycles. The van der Waals surface area contributed by atoms with E-state index in [0.717, 1.165) is 17.1 Å². The molecule has 2 N–H and O–H groups in total. The number of carboxylic acid groups (broad SMARTS) is 1. The molecule has 0 fully saturated rings. The molecule has 0 bridgehead atoms. The van der Waals surface area contributed by atoms with Crippen molar-refractivity contribution in [2.24, 2.45) is 0 Å². The molecule has 2 rings (SSSR count). The number of nitrogens with zero attached hydrogens (tertiary/aromatic N) is 1. The van der Waals surface area contributed by atoms with E-state index in [1.165, 1.54) is 0 Å². The number of nitrogens with one attached hydrogen (secondary N) is 1. The second-order valence-corrected chi connectivity index (χ2v) is 4.97. The molecule has 0 aliphatic rings. The Bertz CT molecular complexity index is 566. The molecule has 0 unspecified atom stereocenters. The predicted molar refractivity (Wildman–Crippen MR) is 72.6 cm³/mol. The maximum Gasteiger partial charge on any atom is 0.340 e. The quantitative estimate of drug-likeness (QED) is 0.902. The van der Waals surface area contributed by atoms with E-state index in [2.05, 4.69) is 9.69 Å². The van der Waals surface area contributed by atoms with E-state index < -0.39 is 5.97 Å². The van der Waals surface area contributed by atoms with Gasteiger partial charge in [-0.15, -0.1) is 0 Å². The molecule has 94 valence electrons. The smallest absolute Gasteiger partial charge is 0.340 e. The Hall–Kier alpha value is -1.59. The van der Waals surface area contributed by atoms with Crippen LogP contribution in [0.4, 0.5) is 5.00 Å². The third-order valence-electron chi connectivity index (χ3n) is 2.44. The fourth-order valence-electron chi connectivity index (χ4n) is 1.53. The number of hydrogen-bond acceptors (Lipinski definition) is 4. The highest BCUT2D eigenvalue weighted by molar-refractivity contribution is 7.10. The maximum atomic E-state index is 11.1. The van der Waals surface area contributed by atoms with Gasteiger partial charge in [-0.05, 0) is 36.2 Å². The van der Waals surface area contributed by atoms with Crippen molar-refractivity contribution >= 4 is 34.1 Å². The lowest BCUT2D eigenvalue weighted by Crippen LogP contribution is -2.04. The molecule has 0 saturated heterocycles. The van der Waals surface area contributed by atoms with Gasteiger partial charge in [0.25, 0.3) is 0 Å². The zero-order chi connectivity index (χ0) is 13.1. The lowest BCUT2D eigenvalue weighted by Gasteiger charge is -2.05. The summed E-state index contributed by atoms with van der Waals surface area (Å²) in [7, 11) is 0. The van der Waals surface area contributed by atoms with Crippen molar-refractivity contribution in [1.82, 2.24) is 4.37 Å². The Kier molecular flexibility index (Phi) is 3.84. The fourth-order valence-corrected chi connectivity index (χ4v) is 2.44. The average molecular weight is 283 g/mol. The number of aromatic nitrogens is 1. The minimum absolute atomic E-state index is 0.244. The highest BCUT2D eigenvalue weighted by Gasteiger charge is 2.16. The second kappa shape index (κ2) is 5.37. The summed E-state index contributed by atoms with van der Waals surface area (Å²) < 4.78 is 4.04. The molecule has 0 radical (unpaired) electrons. The molecular weight excluding hydrogens is 272 g/mol. The lowest BCUT2D eigenvalue weighted by molar-refractivity contribution is 0.0697. The second-order valence-electron chi connectivity index (χ2n) is 3.76. The van der Waals surface area contributed by atoms with Gasteiger partial charge in [-0.1, -0.05) is 23.7 Å². The van der Waals surface area contributed by atoms with Gasteiger partial charge in [-0.25, -0.2) is 4.79 Å². The number of aromatic carboxylic acids is 1. The van der Waals surface area contributed by atoms with Gasteiger partial charge in [0.05, 0.1) is 5.69 Å². The zero-order valence-electron chi connectivity index (χ0n) is 9.61. The number of hydrogen-bond donors (Lipinski definition) is 2. The van der Waals surface area contributed by atoms with Crippen LogP contribution in [0.25, 0.3) is 0 Å². The van der Waals surface area contributed by atoms with Crippen LogP contribution in [0.1, 0.15) is 21.6 Å². The Morgan fingerprint density at radius 1 is 1.44 bits per heavy atom. The fraction of sp³-hybridized carbons (Fsp3) is 0.167. The minimum Gasteiger partial charge on any atom is -0.478 e. The van der Waals surface area contributed by atoms with E-state index in [0.29, 0.717) is 22.3 Å². The molecule has 0 aliphatic carbocycles. The number of anilines is 1. The van der Waals surface area contributed by atoms with Crippen LogP contribution in [0, 0.1) is 6.92 Å². The molecule has 1 aromatic heterocycles. The van der Waals surface area contributed by atoms with Gasteiger partial charge in [0.15, 0.2) is 0 Å². The molecule has 4 nitrogen and oxygen atoms in total. The largest absolute Gasteiger partial charge is 0.478 e. The van der Waals surface area contributed by atoms with Gasteiger partial charge < -0.3 is 10.4 Å². The van der Waals surface area contributed by atoms with Crippen LogP contribution >= 0.6 is 23.1 Å². The van der Waals surface area contributed by atoms with Crippen molar-refractivity contribution in [2.75, 3.05) is 5.32 Å². The van der Waals surface area contributed by atoms with Gasteiger partial charge in [0.1, 0.15) is 10.6 Å². The highest BCUT2D eigenvalue weighted by Crippen LogP contribution is 2.25. The van der Waals surface area contributed by atoms with Gasteiger partial charge >= 0.3 is 5.97 Å². The predicted octanol–water partition coefficient (Wildman–Crippen LogP) is 3.42. The van der Waals surface area contributed by atoms with Crippen molar-refractivity contribution < 1.29 is 9.90 Å². The average Bonchev–Trinajstić information content (AvgIpc) is 2.70. The number of carboxylic acids is 1. The lowest BCUT2D eigenvalue weighted by atomic mass is 10.2. The topological polar surface area (TPSA) is 62.2 Å². The Balaban J connectivity index is 2.11. The number of benzene rings is 1. The molecule has 18 heavy (non-hydrogen) atoms. The summed E-state index contributed by atoms with van der Waals surface area (Å²) in [6, 6.07) is 7.39. The number of rotatable bonds is 4. The Morgan fingerprint density at radius 3 is 2.72 bits per heavy atom. The van der Waals surface area contributed by atoms with Crippen LogP contribution in [-0.4, -0.2) is 15.4 Å². The standard InChI is InChI=1S/C12H11ClN2O2S/c1-7-10(12(16)17)11(18-15-7)14-6-8-2-4-9(13)5-3-8/h2-5,14H,6H2,1H3,(H,16,17). The molecule has 0 aliphatic heterocycles. The summed E-state index contributed by atoms with van der Waals surface area (Å²) in [6.07, 6.45) is 0. The normalized spacial score (nSPS) is 10.3. The monoisotopic (exact) mass is 282 g/mol. The molecular formula is C12H11ClN2O2S. The van der Waals surface area contributed by atoms with Crippen LogP contribution in [0.2, 0.25) is 5.02 Å². The van der Waals surface area contributed by atoms with E-state index in [9.17, 15) is 4.79 Å². The van der Waals surface area contributed by atoms with Crippen LogP contribution in [0.15, 0.2) is 24.3 Å². The van der Waals surface area contributed by atoms with Gasteiger partial charge in [-0.2, -0.15) is 4.37 Å². The minimum atomic E-state index is -0.958. The number of aryl methyl sites for hydroxylation is 1. The van der Waals surface area contributed by atoms with Crippen LogP contribution in [-0.2, 0) is 6.54 Å². The Morgan fingerprint density at radius 2 is 2.11 bits per heavy atom. The van der Waals surface area contributed by atoms with E-state index in [1.54, 1.807) is 19.1 Å². The molecule has 0 spiro atoms. The summed E-state index contributed by atoms with van der Waals surface area (Å²) in [5, 5.41) is 13.4. The van der Waals surface area contributed by atoms with Crippen molar-refractivity contribution in [3.63, 3.8) is 0 Å². The molecule has 6 heteroatoms.